The van der Waals surface area contributed by atoms with Crippen LogP contribution >= 0.6 is 43.2 Å². The van der Waals surface area contributed by atoms with Crippen molar-refractivity contribution in [2.24, 2.45) is 0 Å². The molecular formula is C15H9Br2FOS. The fourth-order valence-electron chi connectivity index (χ4n) is 2.15. The Morgan fingerprint density at radius 1 is 1.05 bits per heavy atom. The standard InChI is InChI=1S/C15H9Br2FOS/c16-11-5-1-3-8-10(7-20-15(8)11)14(19)9-4-2-6-12(18)13(9)17/h1-7,14,19H. The lowest BCUT2D eigenvalue weighted by atomic mass is 10.0. The molecule has 1 heterocycles. The first-order valence-corrected chi connectivity index (χ1v) is 8.33. The summed E-state index contributed by atoms with van der Waals surface area (Å²) in [4.78, 5) is 0. The molecule has 0 amide bonds. The van der Waals surface area contributed by atoms with Crippen molar-refractivity contribution in [2.45, 2.75) is 6.10 Å². The lowest BCUT2D eigenvalue weighted by molar-refractivity contribution is 0.221. The first-order chi connectivity index (χ1) is 9.59. The zero-order valence-corrected chi connectivity index (χ0v) is 14.1. The molecule has 1 atom stereocenters. The number of benzene rings is 2. The predicted molar refractivity (Wildman–Crippen MR) is 87.7 cm³/mol. The van der Waals surface area contributed by atoms with Crippen molar-refractivity contribution in [3.05, 3.63) is 67.7 Å². The van der Waals surface area contributed by atoms with Crippen molar-refractivity contribution in [2.75, 3.05) is 0 Å². The third-order valence-corrected chi connectivity index (χ3v) is 5.96. The largest absolute Gasteiger partial charge is 0.384 e. The molecule has 0 saturated heterocycles. The van der Waals surface area contributed by atoms with Gasteiger partial charge in [0.25, 0.3) is 0 Å². The number of aliphatic hydroxyl groups excluding tert-OH is 1. The fraction of sp³-hybridized carbons (Fsp3) is 0.0667. The highest BCUT2D eigenvalue weighted by molar-refractivity contribution is 9.11. The molecule has 3 rings (SSSR count). The van der Waals surface area contributed by atoms with Gasteiger partial charge in [-0.3, -0.25) is 0 Å². The molecule has 0 aliphatic rings. The zero-order valence-electron chi connectivity index (χ0n) is 10.1. The summed E-state index contributed by atoms with van der Waals surface area (Å²) in [6.45, 7) is 0. The van der Waals surface area contributed by atoms with Crippen LogP contribution in [0.2, 0.25) is 0 Å². The van der Waals surface area contributed by atoms with Crippen LogP contribution in [0, 0.1) is 5.82 Å². The van der Waals surface area contributed by atoms with Crippen LogP contribution in [-0.2, 0) is 0 Å². The van der Waals surface area contributed by atoms with Gasteiger partial charge in [0.05, 0.1) is 4.47 Å². The van der Waals surface area contributed by atoms with Gasteiger partial charge < -0.3 is 5.11 Å². The van der Waals surface area contributed by atoms with Crippen LogP contribution < -0.4 is 0 Å². The molecule has 102 valence electrons. The van der Waals surface area contributed by atoms with E-state index in [1.54, 1.807) is 23.5 Å². The molecule has 0 bridgehead atoms. The van der Waals surface area contributed by atoms with E-state index in [0.717, 1.165) is 20.1 Å². The Bertz CT molecular complexity index is 785. The molecular weight excluding hydrogens is 407 g/mol. The van der Waals surface area contributed by atoms with E-state index >= 15 is 0 Å². The van der Waals surface area contributed by atoms with Crippen LogP contribution in [0.25, 0.3) is 10.1 Å². The van der Waals surface area contributed by atoms with Gasteiger partial charge in [0.1, 0.15) is 11.9 Å². The number of rotatable bonds is 2. The second-order valence-corrected chi connectivity index (χ2v) is 6.88. The average molecular weight is 416 g/mol. The van der Waals surface area contributed by atoms with Gasteiger partial charge in [-0.05, 0) is 54.8 Å². The number of thiophene rings is 1. The van der Waals surface area contributed by atoms with Crippen molar-refractivity contribution in [3.63, 3.8) is 0 Å². The third-order valence-electron chi connectivity index (χ3n) is 3.15. The Balaban J connectivity index is 2.16. The van der Waals surface area contributed by atoms with Crippen LogP contribution in [0.5, 0.6) is 0 Å². The maximum Gasteiger partial charge on any atom is 0.137 e. The smallest absolute Gasteiger partial charge is 0.137 e. The van der Waals surface area contributed by atoms with E-state index in [0.29, 0.717) is 10.0 Å². The first kappa shape index (κ1) is 14.2. The Morgan fingerprint density at radius 3 is 2.60 bits per heavy atom. The topological polar surface area (TPSA) is 20.2 Å². The zero-order chi connectivity index (χ0) is 14.3. The fourth-order valence-corrected chi connectivity index (χ4v) is 4.27. The van der Waals surface area contributed by atoms with Crippen LogP contribution in [0.15, 0.2) is 50.7 Å². The monoisotopic (exact) mass is 414 g/mol. The highest BCUT2D eigenvalue weighted by Crippen LogP contribution is 2.39. The second kappa shape index (κ2) is 5.56. The summed E-state index contributed by atoms with van der Waals surface area (Å²) in [7, 11) is 0. The molecule has 3 aromatic rings. The molecule has 0 aliphatic carbocycles. The quantitative estimate of drug-likeness (QED) is 0.573. The van der Waals surface area contributed by atoms with Gasteiger partial charge in [0.15, 0.2) is 0 Å². The SMILES string of the molecule is OC(c1cccc(F)c1Br)c1csc2c(Br)cccc12. The molecule has 0 saturated carbocycles. The molecule has 1 aromatic heterocycles. The minimum absolute atomic E-state index is 0.307. The summed E-state index contributed by atoms with van der Waals surface area (Å²) in [6, 6.07) is 10.5. The Morgan fingerprint density at radius 2 is 1.80 bits per heavy atom. The normalized spacial score (nSPS) is 12.8. The second-order valence-electron chi connectivity index (χ2n) is 4.35. The van der Waals surface area contributed by atoms with Gasteiger partial charge in [0, 0.05) is 20.3 Å². The molecule has 2 aromatic carbocycles. The number of aliphatic hydroxyl groups is 1. The number of hydrogen-bond acceptors (Lipinski definition) is 2. The lowest BCUT2D eigenvalue weighted by Crippen LogP contribution is -2.01. The van der Waals surface area contributed by atoms with Gasteiger partial charge in [-0.25, -0.2) is 4.39 Å². The molecule has 0 aliphatic heterocycles. The molecule has 20 heavy (non-hydrogen) atoms. The number of hydrogen-bond donors (Lipinski definition) is 1. The molecule has 0 radical (unpaired) electrons. The third kappa shape index (κ3) is 2.33. The minimum atomic E-state index is -0.858. The Kier molecular flexibility index (Phi) is 3.95. The summed E-state index contributed by atoms with van der Waals surface area (Å²) in [5, 5.41) is 13.5. The molecule has 1 N–H and O–H groups in total. The van der Waals surface area contributed by atoms with Gasteiger partial charge in [-0.1, -0.05) is 24.3 Å². The molecule has 5 heteroatoms. The van der Waals surface area contributed by atoms with E-state index < -0.39 is 6.10 Å². The van der Waals surface area contributed by atoms with E-state index in [2.05, 4.69) is 31.9 Å². The van der Waals surface area contributed by atoms with Crippen LogP contribution in [0.4, 0.5) is 4.39 Å². The Hall–Kier alpha value is -0.750. The van der Waals surface area contributed by atoms with E-state index in [1.807, 2.05) is 23.6 Å². The van der Waals surface area contributed by atoms with Gasteiger partial charge >= 0.3 is 0 Å². The van der Waals surface area contributed by atoms with Crippen LogP contribution in [-0.4, -0.2) is 5.11 Å². The van der Waals surface area contributed by atoms with Crippen molar-refractivity contribution in [1.82, 2.24) is 0 Å². The van der Waals surface area contributed by atoms with E-state index in [1.165, 1.54) is 6.07 Å². The van der Waals surface area contributed by atoms with Gasteiger partial charge in [-0.15, -0.1) is 11.3 Å². The molecule has 0 fully saturated rings. The summed E-state index contributed by atoms with van der Waals surface area (Å²) in [6.07, 6.45) is -0.858. The molecule has 1 unspecified atom stereocenters. The highest BCUT2D eigenvalue weighted by Gasteiger charge is 2.19. The van der Waals surface area contributed by atoms with Crippen molar-refractivity contribution in [1.29, 1.82) is 0 Å². The first-order valence-electron chi connectivity index (χ1n) is 5.87. The summed E-state index contributed by atoms with van der Waals surface area (Å²) in [5.74, 6) is -0.373. The van der Waals surface area contributed by atoms with Crippen molar-refractivity contribution < 1.29 is 9.50 Å². The highest BCUT2D eigenvalue weighted by atomic mass is 79.9. The average Bonchev–Trinajstić information content (AvgIpc) is 2.86. The van der Waals surface area contributed by atoms with E-state index in [4.69, 9.17) is 0 Å². The van der Waals surface area contributed by atoms with Gasteiger partial charge in [0.2, 0.25) is 0 Å². The maximum atomic E-state index is 13.6. The van der Waals surface area contributed by atoms with Gasteiger partial charge in [-0.2, -0.15) is 0 Å². The lowest BCUT2D eigenvalue weighted by Gasteiger charge is -2.13. The van der Waals surface area contributed by atoms with Crippen molar-refractivity contribution >= 4 is 53.3 Å². The van der Waals surface area contributed by atoms with E-state index in [9.17, 15) is 9.50 Å². The Labute approximate surface area is 136 Å². The summed E-state index contributed by atoms with van der Waals surface area (Å²) in [5.41, 5.74) is 1.32. The maximum absolute atomic E-state index is 13.6. The van der Waals surface area contributed by atoms with Crippen LogP contribution in [0.1, 0.15) is 17.2 Å². The van der Waals surface area contributed by atoms with E-state index in [-0.39, 0.29) is 5.82 Å². The molecule has 0 spiro atoms. The molecule has 1 nitrogen and oxygen atoms in total. The number of fused-ring (bicyclic) bond motifs is 1. The van der Waals surface area contributed by atoms with Crippen molar-refractivity contribution in [3.8, 4) is 0 Å². The number of halogens is 3. The predicted octanol–water partition coefficient (Wildman–Crippen LogP) is 5.65. The summed E-state index contributed by atoms with van der Waals surface area (Å²) < 4.78 is 16.0. The summed E-state index contributed by atoms with van der Waals surface area (Å²) >= 11 is 8.26. The van der Waals surface area contributed by atoms with Crippen LogP contribution in [0.3, 0.4) is 0 Å². The minimum Gasteiger partial charge on any atom is -0.384 e.